The molecule has 0 aliphatic carbocycles. The average Bonchev–Trinajstić information content (AvgIpc) is 3.08. The molecule has 6 heteroatoms. The minimum absolute atomic E-state index is 0.750. The molecule has 0 N–H and O–H groups in total. The largest absolute Gasteiger partial charge is 0.435 e. The molecule has 0 spiro atoms. The fourth-order valence-corrected chi connectivity index (χ4v) is 7.65. The third-order valence-corrected chi connectivity index (χ3v) is 10.4. The van der Waals surface area contributed by atoms with Gasteiger partial charge in [0.1, 0.15) is 23.0 Å². The predicted molar refractivity (Wildman–Crippen MR) is 192 cm³/mol. The van der Waals surface area contributed by atoms with Gasteiger partial charge in [0.05, 0.1) is 10.6 Å². The zero-order valence-corrected chi connectivity index (χ0v) is 28.2. The molecule has 0 saturated carbocycles. The number of hydrogen-bond donors (Lipinski definition) is 0. The van der Waals surface area contributed by atoms with Gasteiger partial charge in [-0.15, -0.1) is 0 Å². The van der Waals surface area contributed by atoms with Gasteiger partial charge in [-0.05, 0) is 99.5 Å². The van der Waals surface area contributed by atoms with Crippen LogP contribution in [0.5, 0.6) is 23.0 Å². The lowest BCUT2D eigenvalue weighted by atomic mass is 10.1. The van der Waals surface area contributed by atoms with Gasteiger partial charge in [0.25, 0.3) is 0 Å². The molecule has 0 aromatic heterocycles. The van der Waals surface area contributed by atoms with Crippen LogP contribution < -0.4 is 28.7 Å². The Labute approximate surface area is 274 Å². The van der Waals surface area contributed by atoms with E-state index in [1.54, 1.807) is 0 Å². The Bertz CT molecular complexity index is 1630. The maximum absolute atomic E-state index is 6.65. The second-order valence-corrected chi connectivity index (χ2v) is 13.9. The van der Waals surface area contributed by atoms with Crippen molar-refractivity contribution in [3.05, 3.63) is 168 Å². The summed E-state index contributed by atoms with van der Waals surface area (Å²) in [6, 6.07) is 48.9. The maximum Gasteiger partial charge on any atom is 0.326 e. The first kappa shape index (κ1) is 31.4. The van der Waals surface area contributed by atoms with Crippen LogP contribution in [0.2, 0.25) is 0 Å². The maximum atomic E-state index is 6.65. The molecular weight excluding hydrogens is 606 g/mol. The Morgan fingerprint density at radius 1 is 0.304 bits per heavy atom. The number of benzene rings is 6. The van der Waals surface area contributed by atoms with Crippen LogP contribution in [0.3, 0.4) is 0 Å². The summed E-state index contributed by atoms with van der Waals surface area (Å²) in [7, 11) is -3.16. The Morgan fingerprint density at radius 3 is 0.804 bits per heavy atom. The molecular formula is C40H36O4P2. The normalized spacial score (nSPS) is 11.0. The predicted octanol–water partition coefficient (Wildman–Crippen LogP) is 10.8. The smallest absolute Gasteiger partial charge is 0.326 e. The second kappa shape index (κ2) is 14.6. The molecule has 0 bridgehead atoms. The number of aryl methyl sites for hydroxylation is 4. The Balaban J connectivity index is 1.43. The second-order valence-electron chi connectivity index (χ2n) is 11.2. The Hall–Kier alpha value is -4.62. The summed E-state index contributed by atoms with van der Waals surface area (Å²) in [5.41, 5.74) is 6.66. The molecule has 46 heavy (non-hydrogen) atoms. The monoisotopic (exact) mass is 642 g/mol. The fraction of sp³-hybridized carbons (Fsp3) is 0.100. The summed E-state index contributed by atoms with van der Waals surface area (Å²) in [6.45, 7) is 8.27. The summed E-state index contributed by atoms with van der Waals surface area (Å²) in [5, 5.41) is 1.90. The summed E-state index contributed by atoms with van der Waals surface area (Å²) < 4.78 is 26.6. The molecule has 6 aromatic carbocycles. The lowest BCUT2D eigenvalue weighted by Gasteiger charge is -2.24. The molecule has 0 aliphatic heterocycles. The van der Waals surface area contributed by atoms with Crippen molar-refractivity contribution in [2.75, 3.05) is 0 Å². The van der Waals surface area contributed by atoms with Gasteiger partial charge in [-0.1, -0.05) is 107 Å². The highest BCUT2D eigenvalue weighted by Crippen LogP contribution is 2.46. The van der Waals surface area contributed by atoms with Gasteiger partial charge < -0.3 is 18.1 Å². The summed E-state index contributed by atoms with van der Waals surface area (Å²) in [5.74, 6) is 3.00. The van der Waals surface area contributed by atoms with E-state index in [2.05, 4.69) is 52.0 Å². The molecule has 4 nitrogen and oxygen atoms in total. The van der Waals surface area contributed by atoms with Crippen LogP contribution in [0.15, 0.2) is 146 Å². The number of rotatable bonds is 11. The zero-order chi connectivity index (χ0) is 31.9. The van der Waals surface area contributed by atoms with E-state index in [4.69, 9.17) is 18.1 Å². The van der Waals surface area contributed by atoms with Crippen LogP contribution in [0.1, 0.15) is 22.3 Å². The quantitative estimate of drug-likeness (QED) is 0.132. The van der Waals surface area contributed by atoms with Gasteiger partial charge in [-0.3, -0.25) is 0 Å². The van der Waals surface area contributed by atoms with Crippen molar-refractivity contribution in [2.45, 2.75) is 27.7 Å². The van der Waals surface area contributed by atoms with Crippen molar-refractivity contribution in [2.24, 2.45) is 0 Å². The average molecular weight is 643 g/mol. The third kappa shape index (κ3) is 7.96. The number of hydrogen-bond acceptors (Lipinski definition) is 4. The fourth-order valence-electron chi connectivity index (χ4n) is 4.73. The van der Waals surface area contributed by atoms with E-state index < -0.39 is 16.8 Å². The van der Waals surface area contributed by atoms with Crippen molar-refractivity contribution in [1.82, 2.24) is 0 Å². The highest BCUT2D eigenvalue weighted by molar-refractivity contribution is 7.58. The molecule has 6 aromatic rings. The van der Waals surface area contributed by atoms with Gasteiger partial charge in [-0.25, -0.2) is 0 Å². The molecule has 0 saturated heterocycles. The van der Waals surface area contributed by atoms with E-state index in [1.807, 2.05) is 121 Å². The van der Waals surface area contributed by atoms with Gasteiger partial charge in [0, 0.05) is 0 Å². The highest BCUT2D eigenvalue weighted by atomic mass is 31.2. The van der Waals surface area contributed by atoms with Crippen molar-refractivity contribution in [3.63, 3.8) is 0 Å². The van der Waals surface area contributed by atoms with E-state index in [1.165, 1.54) is 22.3 Å². The summed E-state index contributed by atoms with van der Waals surface area (Å²) in [6.07, 6.45) is 0. The van der Waals surface area contributed by atoms with Gasteiger partial charge in [-0.2, -0.15) is 0 Å². The molecule has 0 atom stereocenters. The molecule has 0 radical (unpaired) electrons. The lowest BCUT2D eigenvalue weighted by Crippen LogP contribution is -2.18. The van der Waals surface area contributed by atoms with Crippen LogP contribution in [0.4, 0.5) is 0 Å². The van der Waals surface area contributed by atoms with E-state index in [-0.39, 0.29) is 0 Å². The minimum Gasteiger partial charge on any atom is -0.435 e. The standard InChI is InChI=1S/C40H36O4P2/c1-29-13-21-33(22-14-29)41-45(42-34-23-15-30(2)16-24-34)39-11-7-5-9-37(39)38-10-6-8-12-40(38)46(43-35-25-17-31(3)18-26-35)44-36-27-19-32(4)20-28-36/h5-28H,1-4H3. The van der Waals surface area contributed by atoms with Crippen LogP contribution in [-0.2, 0) is 0 Å². The SMILES string of the molecule is Cc1ccc(OP(Oc2ccc(C)cc2)c2ccccc2-c2ccccc2P(Oc2ccc(C)cc2)Oc2ccc(C)cc2)cc1. The Kier molecular flexibility index (Phi) is 9.99. The highest BCUT2D eigenvalue weighted by Gasteiger charge is 2.28. The van der Waals surface area contributed by atoms with Crippen molar-refractivity contribution < 1.29 is 18.1 Å². The van der Waals surface area contributed by atoms with Gasteiger partial charge in [0.15, 0.2) is 0 Å². The first-order chi connectivity index (χ1) is 22.4. The molecule has 0 aliphatic rings. The summed E-state index contributed by atoms with van der Waals surface area (Å²) >= 11 is 0. The minimum atomic E-state index is -1.58. The molecule has 0 fully saturated rings. The van der Waals surface area contributed by atoms with Crippen LogP contribution in [0.25, 0.3) is 11.1 Å². The van der Waals surface area contributed by atoms with Crippen LogP contribution >= 0.6 is 16.8 Å². The zero-order valence-electron chi connectivity index (χ0n) is 26.4. The molecule has 230 valence electrons. The van der Waals surface area contributed by atoms with E-state index in [0.29, 0.717) is 0 Å². The first-order valence-electron chi connectivity index (χ1n) is 15.2. The van der Waals surface area contributed by atoms with E-state index in [0.717, 1.165) is 44.7 Å². The van der Waals surface area contributed by atoms with Crippen LogP contribution in [-0.4, -0.2) is 0 Å². The van der Waals surface area contributed by atoms with Crippen molar-refractivity contribution >= 4 is 27.4 Å². The van der Waals surface area contributed by atoms with Crippen molar-refractivity contribution in [3.8, 4) is 34.1 Å². The van der Waals surface area contributed by atoms with Gasteiger partial charge in [0.2, 0.25) is 0 Å². The summed E-state index contributed by atoms with van der Waals surface area (Å²) in [4.78, 5) is 0. The molecule has 0 unspecified atom stereocenters. The topological polar surface area (TPSA) is 36.9 Å². The van der Waals surface area contributed by atoms with E-state index in [9.17, 15) is 0 Å². The lowest BCUT2D eigenvalue weighted by molar-refractivity contribution is 0.500. The van der Waals surface area contributed by atoms with E-state index >= 15 is 0 Å². The first-order valence-corrected chi connectivity index (χ1v) is 17.5. The van der Waals surface area contributed by atoms with Gasteiger partial charge >= 0.3 is 16.8 Å². The molecule has 6 rings (SSSR count). The molecule has 0 heterocycles. The van der Waals surface area contributed by atoms with Crippen molar-refractivity contribution in [1.29, 1.82) is 0 Å². The Morgan fingerprint density at radius 2 is 0.543 bits per heavy atom. The third-order valence-electron chi connectivity index (χ3n) is 7.33. The molecule has 0 amide bonds. The van der Waals surface area contributed by atoms with Crippen LogP contribution in [0, 0.1) is 27.7 Å².